The van der Waals surface area contributed by atoms with Gasteiger partial charge >= 0.3 is 0 Å². The molecule has 2 aromatic rings. The van der Waals surface area contributed by atoms with Crippen LogP contribution in [-0.4, -0.2) is 37.2 Å². The highest BCUT2D eigenvalue weighted by Crippen LogP contribution is 2.27. The Morgan fingerprint density at radius 3 is 2.28 bits per heavy atom. The SMILES string of the molecule is O=C(COc1ccccc1)NN1C(=O)CC1S(=O)(=O)c1ccccc1. The van der Waals surface area contributed by atoms with Gasteiger partial charge < -0.3 is 4.74 Å². The fourth-order valence-electron chi connectivity index (χ4n) is 2.37. The minimum absolute atomic E-state index is 0.104. The third-order valence-corrected chi connectivity index (χ3v) is 5.72. The van der Waals surface area contributed by atoms with E-state index >= 15 is 0 Å². The van der Waals surface area contributed by atoms with Crippen LogP contribution in [0.25, 0.3) is 0 Å². The highest BCUT2D eigenvalue weighted by atomic mass is 32.2. The molecule has 7 nitrogen and oxygen atoms in total. The molecule has 8 heteroatoms. The molecule has 1 aliphatic rings. The van der Waals surface area contributed by atoms with Crippen molar-refractivity contribution in [2.45, 2.75) is 16.7 Å². The van der Waals surface area contributed by atoms with Gasteiger partial charge in [0.1, 0.15) is 5.75 Å². The lowest BCUT2D eigenvalue weighted by atomic mass is 10.2. The number of para-hydroxylation sites is 1. The molecule has 130 valence electrons. The van der Waals surface area contributed by atoms with Gasteiger partial charge in [-0.2, -0.15) is 0 Å². The molecule has 0 radical (unpaired) electrons. The van der Waals surface area contributed by atoms with Crippen molar-refractivity contribution in [3.63, 3.8) is 0 Å². The number of carbonyl (C=O) groups excluding carboxylic acids is 2. The van der Waals surface area contributed by atoms with Crippen LogP contribution in [0.3, 0.4) is 0 Å². The molecule has 0 aliphatic carbocycles. The van der Waals surface area contributed by atoms with E-state index in [0.717, 1.165) is 5.01 Å². The lowest BCUT2D eigenvalue weighted by Gasteiger charge is -2.38. The Bertz CT molecular complexity index is 868. The first-order valence-electron chi connectivity index (χ1n) is 7.57. The number of rotatable bonds is 6. The van der Waals surface area contributed by atoms with Gasteiger partial charge in [0, 0.05) is 0 Å². The first-order chi connectivity index (χ1) is 12.0. The van der Waals surface area contributed by atoms with Gasteiger partial charge in [-0.1, -0.05) is 36.4 Å². The molecule has 1 unspecified atom stereocenters. The van der Waals surface area contributed by atoms with Crippen LogP contribution >= 0.6 is 0 Å². The van der Waals surface area contributed by atoms with Crippen molar-refractivity contribution >= 4 is 21.7 Å². The molecule has 0 bridgehead atoms. The van der Waals surface area contributed by atoms with Crippen LogP contribution in [0.5, 0.6) is 5.75 Å². The molecule has 25 heavy (non-hydrogen) atoms. The highest BCUT2D eigenvalue weighted by molar-refractivity contribution is 7.92. The number of hydrogen-bond acceptors (Lipinski definition) is 5. The van der Waals surface area contributed by atoms with Crippen molar-refractivity contribution in [3.05, 3.63) is 60.7 Å². The average molecular weight is 360 g/mol. The number of carbonyl (C=O) groups is 2. The summed E-state index contributed by atoms with van der Waals surface area (Å²) in [4.78, 5) is 23.8. The maximum absolute atomic E-state index is 12.6. The molecule has 1 fully saturated rings. The highest BCUT2D eigenvalue weighted by Gasteiger charge is 2.47. The van der Waals surface area contributed by atoms with Crippen molar-refractivity contribution in [2.24, 2.45) is 0 Å². The average Bonchev–Trinajstić information content (AvgIpc) is 2.64. The van der Waals surface area contributed by atoms with E-state index in [1.54, 1.807) is 42.5 Å². The minimum atomic E-state index is -3.75. The number of nitrogens with one attached hydrogen (secondary N) is 1. The zero-order valence-corrected chi connectivity index (χ0v) is 14.0. The van der Waals surface area contributed by atoms with E-state index in [-0.39, 0.29) is 17.9 Å². The second kappa shape index (κ2) is 6.94. The molecule has 0 aromatic heterocycles. The van der Waals surface area contributed by atoms with Crippen LogP contribution in [-0.2, 0) is 19.4 Å². The van der Waals surface area contributed by atoms with Crippen molar-refractivity contribution in [1.29, 1.82) is 0 Å². The molecule has 1 atom stereocenters. The van der Waals surface area contributed by atoms with Crippen molar-refractivity contribution in [2.75, 3.05) is 6.61 Å². The molecule has 3 rings (SSSR count). The zero-order chi connectivity index (χ0) is 17.9. The summed E-state index contributed by atoms with van der Waals surface area (Å²) in [5.74, 6) is -0.566. The van der Waals surface area contributed by atoms with E-state index in [4.69, 9.17) is 4.74 Å². The van der Waals surface area contributed by atoms with Gasteiger partial charge in [-0.25, -0.2) is 13.4 Å². The Kier molecular flexibility index (Phi) is 4.71. The fourth-order valence-corrected chi connectivity index (χ4v) is 4.03. The van der Waals surface area contributed by atoms with Gasteiger partial charge in [0.05, 0.1) is 11.3 Å². The topological polar surface area (TPSA) is 92.8 Å². The van der Waals surface area contributed by atoms with Gasteiger partial charge in [-0.15, -0.1) is 0 Å². The summed E-state index contributed by atoms with van der Waals surface area (Å²) in [6, 6.07) is 16.5. The van der Waals surface area contributed by atoms with Gasteiger partial charge in [-0.3, -0.25) is 15.0 Å². The largest absolute Gasteiger partial charge is 0.484 e. The molecule has 1 saturated heterocycles. The molecule has 1 aliphatic heterocycles. The molecule has 2 amide bonds. The van der Waals surface area contributed by atoms with Crippen molar-refractivity contribution < 1.29 is 22.7 Å². The number of ether oxygens (including phenoxy) is 1. The molecular formula is C17H16N2O5S. The molecule has 1 heterocycles. The zero-order valence-electron chi connectivity index (χ0n) is 13.2. The number of β-lactam (4-membered cyclic amide) rings is 1. The molecule has 0 saturated carbocycles. The quantitative estimate of drug-likeness (QED) is 0.780. The van der Waals surface area contributed by atoms with E-state index in [0.29, 0.717) is 5.75 Å². The van der Waals surface area contributed by atoms with E-state index < -0.39 is 27.0 Å². The number of sulfone groups is 1. The smallest absolute Gasteiger partial charge is 0.276 e. The van der Waals surface area contributed by atoms with Crippen LogP contribution in [0.4, 0.5) is 0 Å². The lowest BCUT2D eigenvalue weighted by molar-refractivity contribution is -0.153. The summed E-state index contributed by atoms with van der Waals surface area (Å²) >= 11 is 0. The Balaban J connectivity index is 1.63. The number of hydrogen-bond donors (Lipinski definition) is 1. The molecule has 2 aromatic carbocycles. The van der Waals surface area contributed by atoms with E-state index in [9.17, 15) is 18.0 Å². The summed E-state index contributed by atoms with van der Waals surface area (Å²) in [7, 11) is -3.75. The van der Waals surface area contributed by atoms with Gasteiger partial charge in [0.25, 0.3) is 5.91 Å². The summed E-state index contributed by atoms with van der Waals surface area (Å²) in [5.41, 5.74) is 2.30. The van der Waals surface area contributed by atoms with Crippen LogP contribution in [0.1, 0.15) is 6.42 Å². The van der Waals surface area contributed by atoms with E-state index in [1.165, 1.54) is 12.1 Å². The Hall–Kier alpha value is -2.87. The summed E-state index contributed by atoms with van der Waals surface area (Å²) < 4.78 is 30.4. The van der Waals surface area contributed by atoms with Gasteiger partial charge in [0.15, 0.2) is 12.0 Å². The Morgan fingerprint density at radius 2 is 1.68 bits per heavy atom. The van der Waals surface area contributed by atoms with Crippen LogP contribution in [0, 0.1) is 0 Å². The summed E-state index contributed by atoms with van der Waals surface area (Å²) in [6.07, 6.45) is -0.170. The van der Waals surface area contributed by atoms with Crippen LogP contribution in [0.2, 0.25) is 0 Å². The van der Waals surface area contributed by atoms with Gasteiger partial charge in [-0.05, 0) is 24.3 Å². The van der Waals surface area contributed by atoms with Gasteiger partial charge in [0.2, 0.25) is 15.7 Å². The number of hydrazine groups is 1. The third-order valence-electron chi connectivity index (χ3n) is 3.69. The first-order valence-corrected chi connectivity index (χ1v) is 9.11. The maximum Gasteiger partial charge on any atom is 0.276 e. The summed E-state index contributed by atoms with van der Waals surface area (Å²) in [5, 5.41) is -0.262. The molecule has 0 spiro atoms. The molecular weight excluding hydrogens is 344 g/mol. The van der Waals surface area contributed by atoms with Crippen molar-refractivity contribution in [3.8, 4) is 5.75 Å². The third kappa shape index (κ3) is 3.63. The van der Waals surface area contributed by atoms with Crippen LogP contribution < -0.4 is 10.2 Å². The molecule has 1 N–H and O–H groups in total. The number of benzene rings is 2. The minimum Gasteiger partial charge on any atom is -0.484 e. The van der Waals surface area contributed by atoms with Crippen LogP contribution in [0.15, 0.2) is 65.6 Å². The Morgan fingerprint density at radius 1 is 1.08 bits per heavy atom. The summed E-state index contributed by atoms with van der Waals surface area (Å²) in [6.45, 7) is -0.327. The first kappa shape index (κ1) is 17.0. The second-order valence-electron chi connectivity index (χ2n) is 5.42. The number of amides is 2. The normalized spacial score (nSPS) is 16.9. The second-order valence-corrected chi connectivity index (χ2v) is 7.52. The van der Waals surface area contributed by atoms with Crippen molar-refractivity contribution in [1.82, 2.24) is 10.4 Å². The predicted molar refractivity (Wildman–Crippen MR) is 89.0 cm³/mol. The maximum atomic E-state index is 12.6. The number of nitrogens with zero attached hydrogens (tertiary/aromatic N) is 1. The lowest BCUT2D eigenvalue weighted by Crippen LogP contribution is -2.64. The Labute approximate surface area is 145 Å². The van der Waals surface area contributed by atoms with E-state index in [1.807, 2.05) is 6.07 Å². The monoisotopic (exact) mass is 360 g/mol. The fraction of sp³-hybridized carbons (Fsp3) is 0.176. The van der Waals surface area contributed by atoms with E-state index in [2.05, 4.69) is 5.43 Å². The standard InChI is InChI=1S/C17H16N2O5S/c20-15(12-24-13-7-3-1-4-8-13)18-19-16(21)11-17(19)25(22,23)14-9-5-2-6-10-14/h1-10,17H,11-12H2,(H,18,20). The predicted octanol–water partition coefficient (Wildman–Crippen LogP) is 1.13.